The lowest BCUT2D eigenvalue weighted by Crippen LogP contribution is -1.93. The van der Waals surface area contributed by atoms with Gasteiger partial charge in [-0.25, -0.2) is 0 Å². The Morgan fingerprint density at radius 2 is 1.81 bits per heavy atom. The molecule has 2 nitrogen and oxygen atoms in total. The van der Waals surface area contributed by atoms with E-state index >= 15 is 0 Å². The normalized spacial score (nSPS) is 11.2. The van der Waals surface area contributed by atoms with Crippen molar-refractivity contribution in [2.45, 2.75) is 26.7 Å². The van der Waals surface area contributed by atoms with Crippen molar-refractivity contribution in [3.05, 3.63) is 65.5 Å². The molecule has 0 aliphatic carbocycles. The Kier molecular flexibility index (Phi) is 3.38. The Bertz CT molecular complexity index is 794. The predicted molar refractivity (Wildman–Crippen MR) is 87.0 cm³/mol. The van der Waals surface area contributed by atoms with E-state index in [-0.39, 0.29) is 0 Å². The number of carbonyl (C=O) groups excluding carboxylic acids is 1. The molecule has 0 N–H and O–H groups in total. The minimum atomic E-state index is 0.514. The molecule has 0 bridgehead atoms. The lowest BCUT2D eigenvalue weighted by Gasteiger charge is -2.06. The lowest BCUT2D eigenvalue weighted by atomic mass is 9.99. The van der Waals surface area contributed by atoms with Crippen molar-refractivity contribution >= 4 is 11.8 Å². The van der Waals surface area contributed by atoms with Crippen molar-refractivity contribution in [1.82, 2.24) is 4.40 Å². The predicted octanol–water partition coefficient (Wildman–Crippen LogP) is 4.85. The molecule has 1 aromatic carbocycles. The molecular weight excluding hydrogens is 258 g/mol. The van der Waals surface area contributed by atoms with Gasteiger partial charge in [0.2, 0.25) is 0 Å². The van der Waals surface area contributed by atoms with Gasteiger partial charge in [0.1, 0.15) is 0 Å². The van der Waals surface area contributed by atoms with E-state index in [0.717, 1.165) is 22.9 Å². The van der Waals surface area contributed by atoms with E-state index in [9.17, 15) is 4.79 Å². The zero-order valence-corrected chi connectivity index (χ0v) is 12.6. The van der Waals surface area contributed by atoms with Gasteiger partial charge in [-0.3, -0.25) is 4.79 Å². The van der Waals surface area contributed by atoms with Gasteiger partial charge >= 0.3 is 0 Å². The number of aldehydes is 1. The van der Waals surface area contributed by atoms with Crippen LogP contribution in [0, 0.1) is 6.92 Å². The summed E-state index contributed by atoms with van der Waals surface area (Å²) in [4.78, 5) is 11.5. The highest BCUT2D eigenvalue weighted by Gasteiger charge is 2.12. The smallest absolute Gasteiger partial charge is 0.167 e. The molecule has 0 aliphatic rings. The lowest BCUT2D eigenvalue weighted by molar-refractivity contribution is 0.111. The summed E-state index contributed by atoms with van der Waals surface area (Å²) in [6, 6.07) is 14.6. The fraction of sp³-hybridized carbons (Fsp3) is 0.211. The van der Waals surface area contributed by atoms with Crippen molar-refractivity contribution in [2.24, 2.45) is 0 Å². The van der Waals surface area contributed by atoms with Crippen LogP contribution >= 0.6 is 0 Å². The number of hydrogen-bond acceptors (Lipinski definition) is 1. The van der Waals surface area contributed by atoms with Gasteiger partial charge in [-0.05, 0) is 41.7 Å². The molecule has 0 atom stereocenters. The Morgan fingerprint density at radius 3 is 2.43 bits per heavy atom. The fourth-order valence-corrected chi connectivity index (χ4v) is 2.76. The van der Waals surface area contributed by atoms with E-state index in [4.69, 9.17) is 0 Å². The molecule has 0 amide bonds. The van der Waals surface area contributed by atoms with Gasteiger partial charge in [0.25, 0.3) is 0 Å². The number of pyridine rings is 1. The van der Waals surface area contributed by atoms with Crippen molar-refractivity contribution in [3.8, 4) is 11.1 Å². The number of fused-ring (bicyclic) bond motifs is 1. The second kappa shape index (κ2) is 5.21. The zero-order chi connectivity index (χ0) is 15.0. The van der Waals surface area contributed by atoms with E-state index in [1.165, 1.54) is 11.1 Å². The molecule has 2 heterocycles. The molecule has 0 saturated heterocycles. The third-order valence-electron chi connectivity index (χ3n) is 4.06. The molecular formula is C19H19NO. The van der Waals surface area contributed by atoms with Crippen LogP contribution in [0.25, 0.3) is 16.6 Å². The van der Waals surface area contributed by atoms with Gasteiger partial charge in [-0.1, -0.05) is 44.2 Å². The van der Waals surface area contributed by atoms with Crippen LogP contribution in [0.5, 0.6) is 0 Å². The maximum absolute atomic E-state index is 11.5. The molecule has 0 unspecified atom stereocenters. The minimum absolute atomic E-state index is 0.514. The topological polar surface area (TPSA) is 21.5 Å². The molecule has 3 rings (SSSR count). The SMILES string of the molecule is Cc1cccn2c(C=O)c(-c3ccc(C(C)C)cc3)cc12. The molecule has 21 heavy (non-hydrogen) atoms. The molecule has 0 fully saturated rings. The molecule has 0 radical (unpaired) electrons. The molecule has 0 aliphatic heterocycles. The summed E-state index contributed by atoms with van der Waals surface area (Å²) < 4.78 is 1.97. The average molecular weight is 277 g/mol. The fourth-order valence-electron chi connectivity index (χ4n) is 2.76. The van der Waals surface area contributed by atoms with Crippen LogP contribution in [0.15, 0.2) is 48.7 Å². The van der Waals surface area contributed by atoms with Crippen molar-refractivity contribution in [3.63, 3.8) is 0 Å². The number of aryl methyl sites for hydroxylation is 1. The van der Waals surface area contributed by atoms with Gasteiger partial charge in [0.15, 0.2) is 6.29 Å². The Hall–Kier alpha value is -2.35. The third kappa shape index (κ3) is 2.27. The van der Waals surface area contributed by atoms with Gasteiger partial charge in [0, 0.05) is 17.3 Å². The molecule has 3 aromatic rings. The van der Waals surface area contributed by atoms with Crippen LogP contribution in [-0.4, -0.2) is 10.7 Å². The largest absolute Gasteiger partial charge is 0.313 e. The highest BCUT2D eigenvalue weighted by atomic mass is 16.1. The number of rotatable bonds is 3. The van der Waals surface area contributed by atoms with Gasteiger partial charge in [-0.15, -0.1) is 0 Å². The van der Waals surface area contributed by atoms with E-state index in [1.807, 2.05) is 16.7 Å². The summed E-state index contributed by atoms with van der Waals surface area (Å²) in [6.45, 7) is 6.43. The van der Waals surface area contributed by atoms with Gasteiger partial charge < -0.3 is 4.40 Å². The van der Waals surface area contributed by atoms with Crippen LogP contribution < -0.4 is 0 Å². The maximum atomic E-state index is 11.5. The van der Waals surface area contributed by atoms with Crippen LogP contribution in [0.4, 0.5) is 0 Å². The first-order valence-corrected chi connectivity index (χ1v) is 7.28. The molecule has 2 aromatic heterocycles. The molecule has 2 heteroatoms. The first-order valence-electron chi connectivity index (χ1n) is 7.28. The van der Waals surface area contributed by atoms with Crippen LogP contribution in [0.2, 0.25) is 0 Å². The van der Waals surface area contributed by atoms with Crippen LogP contribution in [-0.2, 0) is 0 Å². The standard InChI is InChI=1S/C19H19NO/c1-13(2)15-6-8-16(9-7-15)17-11-18-14(3)5-4-10-20(18)19(17)12-21/h4-13H,1-3H3. The third-order valence-corrected chi connectivity index (χ3v) is 4.06. The summed E-state index contributed by atoms with van der Waals surface area (Å²) >= 11 is 0. The number of aromatic nitrogens is 1. The zero-order valence-electron chi connectivity index (χ0n) is 12.6. The molecule has 106 valence electrons. The maximum Gasteiger partial charge on any atom is 0.167 e. The minimum Gasteiger partial charge on any atom is -0.313 e. The Balaban J connectivity index is 2.20. The Labute approximate surface area is 125 Å². The van der Waals surface area contributed by atoms with E-state index in [2.05, 4.69) is 57.2 Å². The second-order valence-corrected chi connectivity index (χ2v) is 5.78. The quantitative estimate of drug-likeness (QED) is 0.627. The van der Waals surface area contributed by atoms with Crippen LogP contribution in [0.3, 0.4) is 0 Å². The van der Waals surface area contributed by atoms with E-state index in [0.29, 0.717) is 11.6 Å². The number of benzene rings is 1. The van der Waals surface area contributed by atoms with Crippen LogP contribution in [0.1, 0.15) is 41.4 Å². The first kappa shape index (κ1) is 13.6. The first-order chi connectivity index (χ1) is 10.1. The van der Waals surface area contributed by atoms with E-state index < -0.39 is 0 Å². The van der Waals surface area contributed by atoms with Gasteiger partial charge in [-0.2, -0.15) is 0 Å². The number of hydrogen-bond donors (Lipinski definition) is 0. The summed E-state index contributed by atoms with van der Waals surface area (Å²) in [7, 11) is 0. The highest BCUT2D eigenvalue weighted by molar-refractivity contribution is 5.90. The second-order valence-electron chi connectivity index (χ2n) is 5.78. The van der Waals surface area contributed by atoms with Gasteiger partial charge in [0.05, 0.1) is 5.69 Å². The summed E-state index contributed by atoms with van der Waals surface area (Å²) in [6.07, 6.45) is 2.89. The summed E-state index contributed by atoms with van der Waals surface area (Å²) in [5.74, 6) is 0.514. The van der Waals surface area contributed by atoms with Crippen molar-refractivity contribution < 1.29 is 4.79 Å². The van der Waals surface area contributed by atoms with Crippen molar-refractivity contribution in [2.75, 3.05) is 0 Å². The molecule has 0 spiro atoms. The number of carbonyl (C=O) groups is 1. The monoisotopic (exact) mass is 277 g/mol. The van der Waals surface area contributed by atoms with Crippen molar-refractivity contribution in [1.29, 1.82) is 0 Å². The molecule has 0 saturated carbocycles. The average Bonchev–Trinajstić information content (AvgIpc) is 2.87. The summed E-state index contributed by atoms with van der Waals surface area (Å²) in [5, 5.41) is 0. The highest BCUT2D eigenvalue weighted by Crippen LogP contribution is 2.29. The van der Waals surface area contributed by atoms with E-state index in [1.54, 1.807) is 0 Å². The summed E-state index contributed by atoms with van der Waals surface area (Å²) in [5.41, 5.74) is 6.37. The number of nitrogens with zero attached hydrogens (tertiary/aromatic N) is 1. The Morgan fingerprint density at radius 1 is 1.10 bits per heavy atom.